The van der Waals surface area contributed by atoms with E-state index in [1.165, 1.54) is 27.6 Å². The van der Waals surface area contributed by atoms with Crippen molar-refractivity contribution in [2.45, 2.75) is 13.8 Å². The maximum absolute atomic E-state index is 4.93. The van der Waals surface area contributed by atoms with Crippen molar-refractivity contribution in [2.75, 3.05) is 0 Å². The summed E-state index contributed by atoms with van der Waals surface area (Å²) >= 11 is 0. The Morgan fingerprint density at radius 2 is 1.62 bits per heavy atom. The fraction of sp³-hybridized carbons (Fsp3) is 0.0800. The van der Waals surface area contributed by atoms with Gasteiger partial charge in [0, 0.05) is 29.4 Å². The molecular weight excluding hydrogens is 356 g/mol. The molecule has 0 aliphatic rings. The molecule has 0 fully saturated rings. The first-order chi connectivity index (χ1) is 14.2. The van der Waals surface area contributed by atoms with Crippen LogP contribution in [0.4, 0.5) is 0 Å². The number of benzene rings is 2. The molecular formula is C25H18N4. The number of hydrogen-bond donors (Lipinski definition) is 0. The van der Waals surface area contributed by atoms with Crippen molar-refractivity contribution in [2.24, 2.45) is 0 Å². The van der Waals surface area contributed by atoms with Gasteiger partial charge in [-0.1, -0.05) is 24.3 Å². The van der Waals surface area contributed by atoms with Gasteiger partial charge in [-0.3, -0.25) is 9.38 Å². The molecule has 4 aromatic heterocycles. The molecule has 0 N–H and O–H groups in total. The molecule has 0 amide bonds. The quantitative estimate of drug-likeness (QED) is 0.338. The lowest BCUT2D eigenvalue weighted by Crippen LogP contribution is -1.95. The van der Waals surface area contributed by atoms with Gasteiger partial charge in [-0.15, -0.1) is 0 Å². The molecule has 0 atom stereocenters. The predicted octanol–water partition coefficient (Wildman–Crippen LogP) is 5.87. The minimum atomic E-state index is 0.876. The van der Waals surface area contributed by atoms with Crippen LogP contribution in [0.3, 0.4) is 0 Å². The molecule has 29 heavy (non-hydrogen) atoms. The van der Waals surface area contributed by atoms with E-state index in [0.717, 1.165) is 33.1 Å². The number of pyridine rings is 3. The van der Waals surface area contributed by atoms with Crippen LogP contribution in [0.15, 0.2) is 73.2 Å². The van der Waals surface area contributed by atoms with Gasteiger partial charge in [0.05, 0.1) is 5.52 Å². The molecule has 6 rings (SSSR count). The van der Waals surface area contributed by atoms with E-state index in [1.54, 1.807) is 0 Å². The molecule has 4 heteroatoms. The van der Waals surface area contributed by atoms with Crippen molar-refractivity contribution in [3.8, 4) is 11.1 Å². The number of aryl methyl sites for hydroxylation is 2. The second-order valence-electron chi connectivity index (χ2n) is 7.54. The van der Waals surface area contributed by atoms with E-state index in [1.807, 2.05) is 36.8 Å². The summed E-state index contributed by atoms with van der Waals surface area (Å²) < 4.78 is 2.15. The normalized spacial score (nSPS) is 11.8. The molecule has 0 aliphatic heterocycles. The van der Waals surface area contributed by atoms with E-state index in [4.69, 9.17) is 4.98 Å². The van der Waals surface area contributed by atoms with Crippen LogP contribution in [-0.2, 0) is 0 Å². The molecule has 4 heterocycles. The Kier molecular flexibility index (Phi) is 3.27. The number of rotatable bonds is 1. The Bertz CT molecular complexity index is 1580. The van der Waals surface area contributed by atoms with Gasteiger partial charge in [-0.2, -0.15) is 0 Å². The van der Waals surface area contributed by atoms with Crippen molar-refractivity contribution in [1.82, 2.24) is 19.4 Å². The van der Waals surface area contributed by atoms with Gasteiger partial charge in [0.15, 0.2) is 5.65 Å². The van der Waals surface area contributed by atoms with Gasteiger partial charge in [-0.25, -0.2) is 9.97 Å². The van der Waals surface area contributed by atoms with Gasteiger partial charge in [0.25, 0.3) is 0 Å². The number of nitrogens with zero attached hydrogens (tertiary/aromatic N) is 4. The topological polar surface area (TPSA) is 43.1 Å². The second-order valence-corrected chi connectivity index (χ2v) is 7.54. The summed E-state index contributed by atoms with van der Waals surface area (Å²) in [6.45, 7) is 4.33. The average Bonchev–Trinajstić information content (AvgIpc) is 3.14. The predicted molar refractivity (Wildman–Crippen MR) is 118 cm³/mol. The van der Waals surface area contributed by atoms with E-state index in [2.05, 4.69) is 64.6 Å². The Balaban J connectivity index is 1.85. The number of aromatic nitrogens is 4. The van der Waals surface area contributed by atoms with E-state index in [0.29, 0.717) is 0 Å². The smallest absolute Gasteiger partial charge is 0.164 e. The Morgan fingerprint density at radius 1 is 0.724 bits per heavy atom. The van der Waals surface area contributed by atoms with Crippen molar-refractivity contribution < 1.29 is 0 Å². The van der Waals surface area contributed by atoms with E-state index in [9.17, 15) is 0 Å². The highest BCUT2D eigenvalue weighted by Crippen LogP contribution is 2.36. The fourth-order valence-electron chi connectivity index (χ4n) is 4.39. The van der Waals surface area contributed by atoms with Crippen LogP contribution in [0.1, 0.15) is 11.1 Å². The molecule has 0 saturated carbocycles. The van der Waals surface area contributed by atoms with Gasteiger partial charge in [0.2, 0.25) is 0 Å². The summed E-state index contributed by atoms with van der Waals surface area (Å²) in [5.41, 5.74) is 8.81. The minimum absolute atomic E-state index is 0.876. The standard InChI is InChI=1S/C25H18N4/c1-15-6-3-4-7-17(15)18-13-19-20(12-16(18)2)24-28-22-8-5-10-27-25(22)29(24)23-9-11-26-14-21(19)23/h3-14H,1-2H3. The molecule has 0 unspecified atom stereocenters. The molecule has 0 aliphatic carbocycles. The molecule has 0 saturated heterocycles. The van der Waals surface area contributed by atoms with Crippen molar-refractivity contribution in [1.29, 1.82) is 0 Å². The lowest BCUT2D eigenvalue weighted by atomic mass is 9.93. The third kappa shape index (κ3) is 2.23. The maximum atomic E-state index is 4.93. The largest absolute Gasteiger partial charge is 0.276 e. The number of fused-ring (bicyclic) bond motifs is 8. The molecule has 138 valence electrons. The van der Waals surface area contributed by atoms with Crippen LogP contribution in [-0.4, -0.2) is 19.4 Å². The Hall–Kier alpha value is -3.79. The highest BCUT2D eigenvalue weighted by molar-refractivity contribution is 6.14. The first-order valence-corrected chi connectivity index (χ1v) is 9.71. The Labute approximate surface area is 167 Å². The summed E-state index contributed by atoms with van der Waals surface area (Å²) in [7, 11) is 0. The van der Waals surface area contributed by atoms with E-state index in [-0.39, 0.29) is 0 Å². The third-order valence-corrected chi connectivity index (χ3v) is 5.79. The van der Waals surface area contributed by atoms with E-state index < -0.39 is 0 Å². The zero-order valence-electron chi connectivity index (χ0n) is 16.2. The average molecular weight is 374 g/mol. The van der Waals surface area contributed by atoms with Crippen LogP contribution < -0.4 is 0 Å². The maximum Gasteiger partial charge on any atom is 0.164 e. The minimum Gasteiger partial charge on any atom is -0.276 e. The van der Waals surface area contributed by atoms with Crippen LogP contribution in [0.2, 0.25) is 0 Å². The molecule has 2 aromatic carbocycles. The van der Waals surface area contributed by atoms with Gasteiger partial charge in [0.1, 0.15) is 11.2 Å². The summed E-state index contributed by atoms with van der Waals surface area (Å²) in [6.07, 6.45) is 5.60. The van der Waals surface area contributed by atoms with Crippen molar-refractivity contribution in [3.05, 3.63) is 84.3 Å². The highest BCUT2D eigenvalue weighted by atomic mass is 15.1. The van der Waals surface area contributed by atoms with Gasteiger partial charge < -0.3 is 0 Å². The number of imidazole rings is 1. The molecule has 6 aromatic rings. The molecule has 4 nitrogen and oxygen atoms in total. The zero-order chi connectivity index (χ0) is 19.5. The lowest BCUT2D eigenvalue weighted by molar-refractivity contribution is 1.24. The second kappa shape index (κ2) is 5.85. The van der Waals surface area contributed by atoms with Crippen molar-refractivity contribution >= 4 is 38.5 Å². The van der Waals surface area contributed by atoms with Crippen molar-refractivity contribution in [3.63, 3.8) is 0 Å². The van der Waals surface area contributed by atoms with Crippen LogP contribution in [0.5, 0.6) is 0 Å². The molecule has 0 radical (unpaired) electrons. The molecule has 0 spiro atoms. The van der Waals surface area contributed by atoms with Crippen LogP contribution in [0.25, 0.3) is 49.6 Å². The first kappa shape index (κ1) is 16.2. The number of hydrogen-bond acceptors (Lipinski definition) is 3. The summed E-state index contributed by atoms with van der Waals surface area (Å²) in [5, 5.41) is 3.40. The van der Waals surface area contributed by atoms with Crippen LogP contribution >= 0.6 is 0 Å². The lowest BCUT2D eigenvalue weighted by Gasteiger charge is -2.14. The monoisotopic (exact) mass is 374 g/mol. The third-order valence-electron chi connectivity index (χ3n) is 5.79. The summed E-state index contributed by atoms with van der Waals surface area (Å²) in [6, 6.07) is 19.1. The molecule has 0 bridgehead atoms. The van der Waals surface area contributed by atoms with Gasteiger partial charge in [-0.05, 0) is 71.8 Å². The summed E-state index contributed by atoms with van der Waals surface area (Å²) in [4.78, 5) is 14.0. The van der Waals surface area contributed by atoms with Gasteiger partial charge >= 0.3 is 0 Å². The summed E-state index contributed by atoms with van der Waals surface area (Å²) in [5.74, 6) is 0. The first-order valence-electron chi connectivity index (χ1n) is 9.71. The van der Waals surface area contributed by atoms with E-state index >= 15 is 0 Å². The van der Waals surface area contributed by atoms with Crippen LogP contribution in [0, 0.1) is 13.8 Å². The zero-order valence-corrected chi connectivity index (χ0v) is 16.2. The fourth-order valence-corrected chi connectivity index (χ4v) is 4.39. The Morgan fingerprint density at radius 3 is 2.52 bits per heavy atom. The highest BCUT2D eigenvalue weighted by Gasteiger charge is 2.16. The SMILES string of the molecule is Cc1ccccc1-c1cc2c3cnccc3n3c4ncccc4nc3c2cc1C.